The highest BCUT2D eigenvalue weighted by Crippen LogP contribution is 2.29. The van der Waals surface area contributed by atoms with Crippen molar-refractivity contribution in [1.29, 1.82) is 0 Å². The molecule has 1 heterocycles. The highest BCUT2D eigenvalue weighted by atomic mass is 35.5. The topological polar surface area (TPSA) is 50.2 Å². The number of nitrogens with zero attached hydrogens (tertiary/aromatic N) is 1. The van der Waals surface area contributed by atoms with Crippen LogP contribution >= 0.6 is 11.6 Å². The molecule has 2 aromatic carbocycles. The van der Waals surface area contributed by atoms with Crippen molar-refractivity contribution in [3.05, 3.63) is 64.7 Å². The first-order valence-corrected chi connectivity index (χ1v) is 9.90. The summed E-state index contributed by atoms with van der Waals surface area (Å²) in [5, 5.41) is 10.6. The summed E-state index contributed by atoms with van der Waals surface area (Å²) >= 11 is 6.26. The first kappa shape index (κ1) is 19.4. The zero-order valence-electron chi connectivity index (χ0n) is 15.5. The van der Waals surface area contributed by atoms with Gasteiger partial charge < -0.3 is 5.11 Å². The van der Waals surface area contributed by atoms with Crippen molar-refractivity contribution in [3.63, 3.8) is 0 Å². The van der Waals surface area contributed by atoms with Gasteiger partial charge in [-0.05, 0) is 30.5 Å². The van der Waals surface area contributed by atoms with Crippen LogP contribution in [0.2, 0.25) is 5.02 Å². The van der Waals surface area contributed by atoms with Gasteiger partial charge in [0.1, 0.15) is 0 Å². The molecular formula is C23H24ClNO2. The molecular weight excluding hydrogens is 358 g/mol. The normalized spacial score (nSPS) is 11.0. The lowest BCUT2D eigenvalue weighted by Gasteiger charge is -2.09. The van der Waals surface area contributed by atoms with Crippen LogP contribution in [0.5, 0.6) is 0 Å². The first-order valence-electron chi connectivity index (χ1n) is 9.52. The Morgan fingerprint density at radius 2 is 1.78 bits per heavy atom. The number of carbonyl (C=O) groups is 1. The summed E-state index contributed by atoms with van der Waals surface area (Å²) < 4.78 is 0. The van der Waals surface area contributed by atoms with E-state index in [2.05, 4.69) is 24.0 Å². The van der Waals surface area contributed by atoms with E-state index in [0.717, 1.165) is 12.0 Å². The summed E-state index contributed by atoms with van der Waals surface area (Å²) in [6, 6.07) is 15.1. The summed E-state index contributed by atoms with van der Waals surface area (Å²) in [6.45, 7) is 2.22. The quantitative estimate of drug-likeness (QED) is 0.438. The molecule has 0 amide bonds. The zero-order chi connectivity index (χ0) is 19.2. The number of hydrogen-bond donors (Lipinski definition) is 1. The van der Waals surface area contributed by atoms with Gasteiger partial charge in [0.25, 0.3) is 0 Å². The van der Waals surface area contributed by atoms with Crippen molar-refractivity contribution < 1.29 is 9.90 Å². The number of carboxylic acid groups (broad SMARTS) is 1. The van der Waals surface area contributed by atoms with Gasteiger partial charge in [0.15, 0.2) is 0 Å². The maximum atomic E-state index is 11.7. The van der Waals surface area contributed by atoms with Gasteiger partial charge in [0, 0.05) is 10.9 Å². The molecule has 3 aromatic rings. The maximum absolute atomic E-state index is 11.7. The third kappa shape index (κ3) is 4.67. The summed E-state index contributed by atoms with van der Waals surface area (Å²) in [7, 11) is 0. The van der Waals surface area contributed by atoms with E-state index in [9.17, 15) is 9.90 Å². The molecule has 0 spiro atoms. The van der Waals surface area contributed by atoms with Crippen molar-refractivity contribution >= 4 is 28.5 Å². The van der Waals surface area contributed by atoms with Crippen molar-refractivity contribution in [3.8, 4) is 11.3 Å². The van der Waals surface area contributed by atoms with Crippen LogP contribution in [0.3, 0.4) is 0 Å². The van der Waals surface area contributed by atoms with E-state index in [0.29, 0.717) is 21.6 Å². The number of carboxylic acids is 1. The lowest BCUT2D eigenvalue weighted by atomic mass is 10.0. The number of aromatic nitrogens is 1. The first-order chi connectivity index (χ1) is 13.1. The number of unbranched alkanes of at least 4 members (excludes halogenated alkanes) is 4. The maximum Gasteiger partial charge on any atom is 0.336 e. The SMILES string of the molecule is CCCCCCCc1ccc(-c2cc(C(=O)O)c3cccc(Cl)c3n2)cc1. The molecule has 1 N–H and O–H groups in total. The fraction of sp³-hybridized carbons (Fsp3) is 0.304. The fourth-order valence-electron chi connectivity index (χ4n) is 3.31. The smallest absolute Gasteiger partial charge is 0.336 e. The highest BCUT2D eigenvalue weighted by molar-refractivity contribution is 6.35. The van der Waals surface area contributed by atoms with Crippen molar-refractivity contribution in [2.24, 2.45) is 0 Å². The number of aromatic carboxylic acids is 1. The van der Waals surface area contributed by atoms with E-state index in [1.165, 1.54) is 37.7 Å². The summed E-state index contributed by atoms with van der Waals surface area (Å²) in [5.74, 6) is -0.977. The molecule has 27 heavy (non-hydrogen) atoms. The van der Waals surface area contributed by atoms with Gasteiger partial charge in [-0.2, -0.15) is 0 Å². The van der Waals surface area contributed by atoms with Crippen molar-refractivity contribution in [1.82, 2.24) is 4.98 Å². The van der Waals surface area contributed by atoms with Gasteiger partial charge in [-0.3, -0.25) is 0 Å². The van der Waals surface area contributed by atoms with Crippen LogP contribution in [-0.4, -0.2) is 16.1 Å². The lowest BCUT2D eigenvalue weighted by molar-refractivity contribution is 0.0699. The van der Waals surface area contributed by atoms with E-state index >= 15 is 0 Å². The minimum atomic E-state index is -0.977. The molecule has 0 bridgehead atoms. The van der Waals surface area contributed by atoms with Crippen molar-refractivity contribution in [2.45, 2.75) is 45.4 Å². The number of aryl methyl sites for hydroxylation is 1. The molecule has 0 aliphatic carbocycles. The average Bonchev–Trinajstić information content (AvgIpc) is 2.68. The second kappa shape index (κ2) is 9.01. The molecule has 4 heteroatoms. The fourth-order valence-corrected chi connectivity index (χ4v) is 3.53. The Labute approximate surface area is 165 Å². The number of rotatable bonds is 8. The number of halogens is 1. The molecule has 0 fully saturated rings. The lowest BCUT2D eigenvalue weighted by Crippen LogP contribution is -2.00. The largest absolute Gasteiger partial charge is 0.478 e. The van der Waals surface area contributed by atoms with Crippen LogP contribution in [0.15, 0.2) is 48.5 Å². The zero-order valence-corrected chi connectivity index (χ0v) is 16.3. The van der Waals surface area contributed by atoms with Crippen LogP contribution < -0.4 is 0 Å². The van der Waals surface area contributed by atoms with E-state index in [4.69, 9.17) is 11.6 Å². The monoisotopic (exact) mass is 381 g/mol. The average molecular weight is 382 g/mol. The molecule has 0 radical (unpaired) electrons. The Kier molecular flexibility index (Phi) is 6.46. The van der Waals surface area contributed by atoms with Crippen LogP contribution in [0.1, 0.15) is 54.9 Å². The third-order valence-electron chi connectivity index (χ3n) is 4.84. The van der Waals surface area contributed by atoms with Gasteiger partial charge in [-0.1, -0.05) is 80.6 Å². The Balaban J connectivity index is 1.85. The number of benzene rings is 2. The van der Waals surface area contributed by atoms with Crippen LogP contribution in [0, 0.1) is 0 Å². The molecule has 0 unspecified atom stereocenters. The molecule has 0 aliphatic heterocycles. The molecule has 1 aromatic heterocycles. The second-order valence-electron chi connectivity index (χ2n) is 6.86. The Morgan fingerprint density at radius 1 is 1.04 bits per heavy atom. The molecule has 3 rings (SSSR count). The molecule has 0 saturated heterocycles. The van der Waals surface area contributed by atoms with Crippen LogP contribution in [0.25, 0.3) is 22.2 Å². The summed E-state index contributed by atoms with van der Waals surface area (Å²) in [6.07, 6.45) is 7.40. The standard InChI is InChI=1S/C23H24ClNO2/c1-2-3-4-5-6-8-16-11-13-17(14-12-16)21-15-19(23(26)27)18-9-7-10-20(24)22(18)25-21/h7,9-15H,2-6,8H2,1H3,(H,26,27). The number of fused-ring (bicyclic) bond motifs is 1. The molecule has 0 saturated carbocycles. The number of pyridine rings is 1. The van der Waals surface area contributed by atoms with Gasteiger partial charge in [0.2, 0.25) is 0 Å². The molecule has 0 atom stereocenters. The van der Waals surface area contributed by atoms with Gasteiger partial charge in [-0.15, -0.1) is 0 Å². The minimum Gasteiger partial charge on any atom is -0.478 e. The van der Waals surface area contributed by atoms with Crippen LogP contribution in [-0.2, 0) is 6.42 Å². The molecule has 0 aliphatic rings. The van der Waals surface area contributed by atoms with E-state index < -0.39 is 5.97 Å². The van der Waals surface area contributed by atoms with Gasteiger partial charge in [-0.25, -0.2) is 9.78 Å². The molecule has 3 nitrogen and oxygen atoms in total. The highest BCUT2D eigenvalue weighted by Gasteiger charge is 2.14. The Bertz CT molecular complexity index is 935. The summed E-state index contributed by atoms with van der Waals surface area (Å²) in [5.41, 5.74) is 3.57. The second-order valence-corrected chi connectivity index (χ2v) is 7.26. The minimum absolute atomic E-state index is 0.220. The molecule has 140 valence electrons. The predicted octanol–water partition coefficient (Wildman–Crippen LogP) is 6.77. The number of hydrogen-bond acceptors (Lipinski definition) is 2. The van der Waals surface area contributed by atoms with Gasteiger partial charge in [0.05, 0.1) is 21.8 Å². The Hall–Kier alpha value is -2.39. The van der Waals surface area contributed by atoms with E-state index in [1.807, 2.05) is 12.1 Å². The van der Waals surface area contributed by atoms with E-state index in [-0.39, 0.29) is 5.56 Å². The Morgan fingerprint density at radius 3 is 2.48 bits per heavy atom. The number of para-hydroxylation sites is 1. The van der Waals surface area contributed by atoms with E-state index in [1.54, 1.807) is 24.3 Å². The third-order valence-corrected chi connectivity index (χ3v) is 5.14. The summed E-state index contributed by atoms with van der Waals surface area (Å²) in [4.78, 5) is 16.3. The predicted molar refractivity (Wildman–Crippen MR) is 112 cm³/mol. The van der Waals surface area contributed by atoms with Crippen molar-refractivity contribution in [2.75, 3.05) is 0 Å². The van der Waals surface area contributed by atoms with Crippen LogP contribution in [0.4, 0.5) is 0 Å². The van der Waals surface area contributed by atoms with Gasteiger partial charge >= 0.3 is 5.97 Å².